The van der Waals surface area contributed by atoms with E-state index in [-0.39, 0.29) is 12.4 Å². The molecule has 0 atom stereocenters. The maximum Gasteiger partial charge on any atom is 0.313 e. The summed E-state index contributed by atoms with van der Waals surface area (Å²) >= 11 is 8.80. The number of rotatable bonds is 0. The van der Waals surface area contributed by atoms with Crippen molar-refractivity contribution < 1.29 is 9.53 Å². The van der Waals surface area contributed by atoms with Crippen molar-refractivity contribution in [3.63, 3.8) is 0 Å². The summed E-state index contributed by atoms with van der Waals surface area (Å²) < 4.78 is 4.12. The first-order valence-corrected chi connectivity index (χ1v) is 3.62. The standard InChI is InChI=1S/C4H9NO.CCl2O.ClH/c1-3-6-4-2-5-1;2-1(3)4;/h5H,1-4H2;;1H. The van der Waals surface area contributed by atoms with Gasteiger partial charge < -0.3 is 10.1 Å². The van der Waals surface area contributed by atoms with Gasteiger partial charge in [0.2, 0.25) is 0 Å². The third-order valence-corrected chi connectivity index (χ3v) is 0.846. The third-order valence-electron chi connectivity index (χ3n) is 0.846. The molecule has 68 valence electrons. The van der Waals surface area contributed by atoms with Crippen LogP contribution in [-0.4, -0.2) is 31.0 Å². The van der Waals surface area contributed by atoms with Gasteiger partial charge in [-0.25, -0.2) is 0 Å². The van der Waals surface area contributed by atoms with Crippen LogP contribution in [0.1, 0.15) is 0 Å². The first kappa shape index (κ1) is 14.0. The van der Waals surface area contributed by atoms with Crippen molar-refractivity contribution >= 4 is 40.3 Å². The number of hydrogen-bond donors (Lipinski definition) is 1. The largest absolute Gasteiger partial charge is 0.379 e. The number of morpholine rings is 1. The fraction of sp³-hybridized carbons (Fsp3) is 0.800. The Balaban J connectivity index is 0. The molecule has 1 heterocycles. The second-order valence-electron chi connectivity index (χ2n) is 1.59. The summed E-state index contributed by atoms with van der Waals surface area (Å²) in [4.78, 5) is 8.98. The molecule has 11 heavy (non-hydrogen) atoms. The van der Waals surface area contributed by atoms with E-state index in [0.29, 0.717) is 0 Å². The van der Waals surface area contributed by atoms with Crippen molar-refractivity contribution in [1.29, 1.82) is 0 Å². The zero-order valence-electron chi connectivity index (χ0n) is 5.81. The minimum atomic E-state index is -0.889. The summed E-state index contributed by atoms with van der Waals surface area (Å²) in [6.07, 6.45) is 0. The molecule has 0 aromatic rings. The monoisotopic (exact) mass is 221 g/mol. The van der Waals surface area contributed by atoms with E-state index < -0.39 is 4.70 Å². The quantitative estimate of drug-likeness (QED) is 0.633. The van der Waals surface area contributed by atoms with Crippen LogP contribution in [0.4, 0.5) is 4.79 Å². The number of carbonyl (C=O) groups is 1. The first-order valence-electron chi connectivity index (χ1n) is 2.87. The fourth-order valence-electron chi connectivity index (χ4n) is 0.516. The maximum absolute atomic E-state index is 8.98. The van der Waals surface area contributed by atoms with E-state index in [1.807, 2.05) is 0 Å². The Morgan fingerprint density at radius 3 is 1.73 bits per heavy atom. The highest BCUT2D eigenvalue weighted by Crippen LogP contribution is 1.84. The molecule has 0 aromatic carbocycles. The van der Waals surface area contributed by atoms with Crippen LogP contribution in [0, 0.1) is 0 Å². The summed E-state index contributed by atoms with van der Waals surface area (Å²) in [5.74, 6) is 0. The van der Waals surface area contributed by atoms with Crippen molar-refractivity contribution in [2.24, 2.45) is 0 Å². The van der Waals surface area contributed by atoms with Gasteiger partial charge in [0, 0.05) is 13.1 Å². The highest BCUT2D eigenvalue weighted by Gasteiger charge is 1.92. The lowest BCUT2D eigenvalue weighted by molar-refractivity contribution is 0.109. The van der Waals surface area contributed by atoms with Gasteiger partial charge in [-0.05, 0) is 23.2 Å². The Labute approximate surface area is 81.8 Å². The molecule has 0 aliphatic carbocycles. The molecule has 0 radical (unpaired) electrons. The van der Waals surface area contributed by atoms with Crippen LogP contribution in [0.25, 0.3) is 0 Å². The Bertz CT molecular complexity index is 82.2. The summed E-state index contributed by atoms with van der Waals surface area (Å²) in [5.41, 5.74) is 0. The van der Waals surface area contributed by atoms with Crippen LogP contribution >= 0.6 is 35.6 Å². The van der Waals surface area contributed by atoms with Gasteiger partial charge >= 0.3 is 4.70 Å². The number of nitrogens with one attached hydrogen (secondary N) is 1. The SMILES string of the molecule is C1COCCN1.Cl.O=C(Cl)Cl. The minimum absolute atomic E-state index is 0. The lowest BCUT2D eigenvalue weighted by atomic mass is 10.5. The molecule has 1 saturated heterocycles. The molecular weight excluding hydrogens is 212 g/mol. The highest BCUT2D eigenvalue weighted by molar-refractivity contribution is 6.93. The lowest BCUT2D eigenvalue weighted by Crippen LogP contribution is -2.30. The minimum Gasteiger partial charge on any atom is -0.379 e. The third kappa shape index (κ3) is 17.9. The average Bonchev–Trinajstić information content (AvgIpc) is 1.90. The second-order valence-corrected chi connectivity index (χ2v) is 2.47. The zero-order valence-corrected chi connectivity index (χ0v) is 8.14. The number of halogens is 3. The normalized spacial score (nSPS) is 15.5. The maximum atomic E-state index is 8.98. The van der Waals surface area contributed by atoms with Gasteiger partial charge in [0.15, 0.2) is 0 Å². The van der Waals surface area contributed by atoms with Gasteiger partial charge in [-0.2, -0.15) is 0 Å². The number of carbonyl (C=O) groups excluding carboxylic acids is 1. The molecule has 1 fully saturated rings. The summed E-state index contributed by atoms with van der Waals surface area (Å²) in [6.45, 7) is 3.83. The van der Waals surface area contributed by atoms with Crippen LogP contribution in [0.5, 0.6) is 0 Å². The van der Waals surface area contributed by atoms with Gasteiger partial charge in [-0.15, -0.1) is 12.4 Å². The van der Waals surface area contributed by atoms with E-state index in [1.165, 1.54) is 0 Å². The zero-order chi connectivity index (χ0) is 7.82. The Morgan fingerprint density at radius 1 is 1.27 bits per heavy atom. The van der Waals surface area contributed by atoms with Crippen LogP contribution in [0.15, 0.2) is 0 Å². The molecule has 1 N–H and O–H groups in total. The van der Waals surface area contributed by atoms with Crippen LogP contribution in [0.3, 0.4) is 0 Å². The number of ether oxygens (including phenoxy) is 1. The van der Waals surface area contributed by atoms with Gasteiger partial charge in [0.1, 0.15) is 0 Å². The van der Waals surface area contributed by atoms with Crippen LogP contribution in [0.2, 0.25) is 0 Å². The molecule has 0 aromatic heterocycles. The lowest BCUT2D eigenvalue weighted by Gasteiger charge is -2.10. The smallest absolute Gasteiger partial charge is 0.313 e. The van der Waals surface area contributed by atoms with Gasteiger partial charge in [-0.1, -0.05) is 0 Å². The van der Waals surface area contributed by atoms with E-state index in [2.05, 4.69) is 28.5 Å². The Kier molecular flexibility index (Phi) is 13.3. The Morgan fingerprint density at radius 2 is 1.64 bits per heavy atom. The van der Waals surface area contributed by atoms with E-state index >= 15 is 0 Å². The molecular formula is C5H10Cl3NO2. The van der Waals surface area contributed by atoms with Crippen molar-refractivity contribution in [2.75, 3.05) is 26.3 Å². The molecule has 6 heteroatoms. The van der Waals surface area contributed by atoms with Crippen LogP contribution in [-0.2, 0) is 4.74 Å². The molecule has 3 nitrogen and oxygen atoms in total. The summed E-state index contributed by atoms with van der Waals surface area (Å²) in [5, 5.41) is 3.16. The van der Waals surface area contributed by atoms with E-state index in [9.17, 15) is 0 Å². The molecule has 0 saturated carbocycles. The average molecular weight is 222 g/mol. The highest BCUT2D eigenvalue weighted by atomic mass is 35.5. The first-order chi connectivity index (χ1) is 4.73. The van der Waals surface area contributed by atoms with Crippen LogP contribution < -0.4 is 5.32 Å². The predicted molar refractivity (Wildman–Crippen MR) is 48.0 cm³/mol. The van der Waals surface area contributed by atoms with Gasteiger partial charge in [0.25, 0.3) is 0 Å². The van der Waals surface area contributed by atoms with E-state index in [0.717, 1.165) is 26.3 Å². The molecule has 0 bridgehead atoms. The van der Waals surface area contributed by atoms with Crippen molar-refractivity contribution in [1.82, 2.24) is 5.32 Å². The van der Waals surface area contributed by atoms with E-state index in [4.69, 9.17) is 9.53 Å². The van der Waals surface area contributed by atoms with Gasteiger partial charge in [-0.3, -0.25) is 4.79 Å². The van der Waals surface area contributed by atoms with E-state index in [1.54, 1.807) is 0 Å². The molecule has 1 aliphatic heterocycles. The molecule has 1 aliphatic rings. The summed E-state index contributed by atoms with van der Waals surface area (Å²) in [6, 6.07) is 0. The molecule has 1 rings (SSSR count). The van der Waals surface area contributed by atoms with Crippen molar-refractivity contribution in [2.45, 2.75) is 0 Å². The second kappa shape index (κ2) is 10.5. The fourth-order valence-corrected chi connectivity index (χ4v) is 0.516. The topological polar surface area (TPSA) is 38.3 Å². The van der Waals surface area contributed by atoms with Crippen molar-refractivity contribution in [3.8, 4) is 0 Å². The van der Waals surface area contributed by atoms with Gasteiger partial charge in [0.05, 0.1) is 13.2 Å². The molecule has 0 unspecified atom stereocenters. The number of hydrogen-bond acceptors (Lipinski definition) is 3. The molecule has 0 amide bonds. The van der Waals surface area contributed by atoms with Crippen molar-refractivity contribution in [3.05, 3.63) is 0 Å². The predicted octanol–water partition coefficient (Wildman–Crippen LogP) is 1.61. The summed E-state index contributed by atoms with van der Waals surface area (Å²) in [7, 11) is 0. The Hall–Kier alpha value is 0.460. The molecule has 0 spiro atoms.